The second-order valence-electron chi connectivity index (χ2n) is 22.7. The van der Waals surface area contributed by atoms with Crippen molar-refractivity contribution in [3.05, 3.63) is 60.8 Å². The Morgan fingerprint density at radius 1 is 0.273 bits per heavy atom. The van der Waals surface area contributed by atoms with Crippen LogP contribution in [0.3, 0.4) is 0 Å². The Hall–Kier alpha value is -2.89. The summed E-state index contributed by atoms with van der Waals surface area (Å²) in [5.74, 6) is -0.872. The minimum atomic E-state index is -0.782. The van der Waals surface area contributed by atoms with Crippen molar-refractivity contribution in [3.8, 4) is 0 Å². The number of ether oxygens (including phenoxy) is 3. The molecule has 0 rings (SSSR count). The van der Waals surface area contributed by atoms with E-state index in [9.17, 15) is 14.4 Å². The number of hydrogen-bond donors (Lipinski definition) is 0. The quantitative estimate of drug-likeness (QED) is 0.0261. The molecule has 0 saturated carbocycles. The van der Waals surface area contributed by atoms with Gasteiger partial charge in [-0.05, 0) is 83.5 Å². The second-order valence-corrected chi connectivity index (χ2v) is 22.7. The van der Waals surface area contributed by atoms with Crippen LogP contribution in [0.1, 0.15) is 355 Å². The van der Waals surface area contributed by atoms with Crippen LogP contribution in [0.5, 0.6) is 0 Å². The lowest BCUT2D eigenvalue weighted by molar-refractivity contribution is -0.167. The molecule has 448 valence electrons. The molecule has 0 aromatic rings. The molecule has 6 nitrogen and oxygen atoms in total. The van der Waals surface area contributed by atoms with Crippen LogP contribution in [-0.2, 0) is 28.6 Å². The first-order valence-corrected chi connectivity index (χ1v) is 33.8. The average Bonchev–Trinajstić information content (AvgIpc) is 3.43. The predicted molar refractivity (Wildman–Crippen MR) is 335 cm³/mol. The highest BCUT2D eigenvalue weighted by Crippen LogP contribution is 2.18. The Labute approximate surface area is 479 Å². The molecule has 0 aromatic heterocycles. The van der Waals surface area contributed by atoms with E-state index in [2.05, 4.69) is 81.5 Å². The van der Waals surface area contributed by atoms with Crippen molar-refractivity contribution in [3.63, 3.8) is 0 Å². The third kappa shape index (κ3) is 63.8. The number of unbranched alkanes of at least 4 members (excludes halogenated alkanes) is 41. The molecule has 6 heteroatoms. The molecule has 0 N–H and O–H groups in total. The number of allylic oxidation sites excluding steroid dienone is 10. The summed E-state index contributed by atoms with van der Waals surface area (Å²) in [5.41, 5.74) is 0. The van der Waals surface area contributed by atoms with Gasteiger partial charge in [0.15, 0.2) is 6.10 Å². The maximum absolute atomic E-state index is 12.9. The molecule has 0 aliphatic heterocycles. The number of rotatable bonds is 62. The molecule has 0 radical (unpaired) electrons. The molecular weight excluding hydrogens is 949 g/mol. The summed E-state index contributed by atoms with van der Waals surface area (Å²) in [5, 5.41) is 0. The van der Waals surface area contributed by atoms with Gasteiger partial charge in [-0.1, -0.05) is 313 Å². The van der Waals surface area contributed by atoms with E-state index in [1.165, 1.54) is 218 Å². The molecule has 0 aliphatic rings. The summed E-state index contributed by atoms with van der Waals surface area (Å²) in [7, 11) is 0. The maximum atomic E-state index is 12.9. The van der Waals surface area contributed by atoms with Crippen molar-refractivity contribution in [2.45, 2.75) is 361 Å². The average molecular weight is 1080 g/mol. The van der Waals surface area contributed by atoms with Gasteiger partial charge < -0.3 is 14.2 Å². The molecule has 0 spiro atoms. The Morgan fingerprint density at radius 3 is 0.805 bits per heavy atom. The molecule has 0 aliphatic carbocycles. The first-order chi connectivity index (χ1) is 38.0. The molecule has 1 unspecified atom stereocenters. The molecule has 0 saturated heterocycles. The molecule has 0 bridgehead atoms. The first kappa shape index (κ1) is 74.1. The fraction of sp³-hybridized carbons (Fsp3) is 0.817. The minimum Gasteiger partial charge on any atom is -0.462 e. The van der Waals surface area contributed by atoms with Gasteiger partial charge in [0.05, 0.1) is 0 Å². The highest BCUT2D eigenvalue weighted by atomic mass is 16.6. The predicted octanol–water partition coefficient (Wildman–Crippen LogP) is 23.1. The summed E-state index contributed by atoms with van der Waals surface area (Å²) >= 11 is 0. The topological polar surface area (TPSA) is 78.9 Å². The van der Waals surface area contributed by atoms with Gasteiger partial charge in [0.2, 0.25) is 0 Å². The van der Waals surface area contributed by atoms with Crippen LogP contribution >= 0.6 is 0 Å². The van der Waals surface area contributed by atoms with E-state index < -0.39 is 6.10 Å². The van der Waals surface area contributed by atoms with Gasteiger partial charge in [-0.25, -0.2) is 0 Å². The van der Waals surface area contributed by atoms with E-state index in [1.54, 1.807) is 0 Å². The van der Waals surface area contributed by atoms with Crippen LogP contribution < -0.4 is 0 Å². The van der Waals surface area contributed by atoms with Crippen LogP contribution in [0.25, 0.3) is 0 Å². The van der Waals surface area contributed by atoms with Crippen molar-refractivity contribution in [2.75, 3.05) is 13.2 Å². The number of carbonyl (C=O) groups excluding carboxylic acids is 3. The Bertz CT molecular complexity index is 1380. The van der Waals surface area contributed by atoms with E-state index in [-0.39, 0.29) is 31.1 Å². The van der Waals surface area contributed by atoms with Crippen molar-refractivity contribution < 1.29 is 28.6 Å². The Morgan fingerprint density at radius 2 is 0.506 bits per heavy atom. The minimum absolute atomic E-state index is 0.0765. The number of hydrogen-bond acceptors (Lipinski definition) is 6. The summed E-state index contributed by atoms with van der Waals surface area (Å²) in [6, 6.07) is 0. The van der Waals surface area contributed by atoms with Gasteiger partial charge in [-0.2, -0.15) is 0 Å². The van der Waals surface area contributed by atoms with Crippen LogP contribution in [0, 0.1) is 0 Å². The summed E-state index contributed by atoms with van der Waals surface area (Å²) in [6.45, 7) is 6.56. The van der Waals surface area contributed by atoms with E-state index in [0.29, 0.717) is 19.3 Å². The van der Waals surface area contributed by atoms with Crippen LogP contribution in [0.2, 0.25) is 0 Å². The number of carbonyl (C=O) groups is 3. The van der Waals surface area contributed by atoms with E-state index in [0.717, 1.165) is 96.3 Å². The zero-order chi connectivity index (χ0) is 55.7. The standard InChI is InChI=1S/C71H128O6/c1-4-7-10-13-16-19-22-25-28-30-32-34-35-36-38-39-41-43-46-49-52-55-58-61-64-70(73)76-67-68(66-75-69(72)63-60-57-54-51-48-45-27-24-21-18-15-12-9-6-3)77-71(74)65-62-59-56-53-50-47-44-42-40-37-33-31-29-26-23-20-17-14-11-8-5-2/h8,11,17,20,24,26-27,29,33,37,68H,4-7,9-10,12-16,18-19,21-23,25,28,30-32,34-36,38-67H2,1-3H3/b11-8-,20-17-,27-24-,29-26-,37-33-. The van der Waals surface area contributed by atoms with E-state index in [1.807, 2.05) is 0 Å². The largest absolute Gasteiger partial charge is 0.462 e. The lowest BCUT2D eigenvalue weighted by Crippen LogP contribution is -2.30. The lowest BCUT2D eigenvalue weighted by atomic mass is 10.0. The van der Waals surface area contributed by atoms with Crippen LogP contribution in [0.4, 0.5) is 0 Å². The molecule has 0 aromatic carbocycles. The second kappa shape index (κ2) is 65.6. The van der Waals surface area contributed by atoms with Crippen molar-refractivity contribution in [2.24, 2.45) is 0 Å². The highest BCUT2D eigenvalue weighted by Gasteiger charge is 2.19. The molecule has 0 fully saturated rings. The Balaban J connectivity index is 4.30. The third-order valence-corrected chi connectivity index (χ3v) is 15.0. The van der Waals surface area contributed by atoms with Gasteiger partial charge in [0, 0.05) is 19.3 Å². The van der Waals surface area contributed by atoms with Gasteiger partial charge in [-0.15, -0.1) is 0 Å². The van der Waals surface area contributed by atoms with Crippen LogP contribution in [-0.4, -0.2) is 37.2 Å². The first-order valence-electron chi connectivity index (χ1n) is 33.8. The lowest BCUT2D eigenvalue weighted by Gasteiger charge is -2.18. The fourth-order valence-corrected chi connectivity index (χ4v) is 9.96. The SMILES string of the molecule is CC/C=C\C/C=C\C/C=C\C/C=C\CCCCCCCCCCC(=O)OC(COC(=O)CCCCCCC/C=C\CCCCCCC)COC(=O)CCCCCCCCCCCCCCCCCCCCCCCCCC. The van der Waals surface area contributed by atoms with Crippen molar-refractivity contribution in [1.29, 1.82) is 0 Å². The van der Waals surface area contributed by atoms with Crippen molar-refractivity contribution >= 4 is 17.9 Å². The molecule has 1 atom stereocenters. The van der Waals surface area contributed by atoms with Gasteiger partial charge in [0.25, 0.3) is 0 Å². The summed E-state index contributed by atoms with van der Waals surface area (Å²) in [6.07, 6.45) is 83.8. The monoisotopic (exact) mass is 1080 g/mol. The Kier molecular flexibility index (Phi) is 63.2. The number of esters is 3. The van der Waals surface area contributed by atoms with E-state index >= 15 is 0 Å². The van der Waals surface area contributed by atoms with E-state index in [4.69, 9.17) is 14.2 Å². The van der Waals surface area contributed by atoms with Crippen LogP contribution in [0.15, 0.2) is 60.8 Å². The third-order valence-electron chi connectivity index (χ3n) is 15.0. The molecule has 0 amide bonds. The smallest absolute Gasteiger partial charge is 0.306 e. The molecule has 0 heterocycles. The van der Waals surface area contributed by atoms with Gasteiger partial charge >= 0.3 is 17.9 Å². The summed E-state index contributed by atoms with van der Waals surface area (Å²) in [4.78, 5) is 38.4. The van der Waals surface area contributed by atoms with Gasteiger partial charge in [0.1, 0.15) is 13.2 Å². The normalized spacial score (nSPS) is 12.4. The maximum Gasteiger partial charge on any atom is 0.306 e. The van der Waals surface area contributed by atoms with Gasteiger partial charge in [-0.3, -0.25) is 14.4 Å². The zero-order valence-electron chi connectivity index (χ0n) is 51.5. The highest BCUT2D eigenvalue weighted by molar-refractivity contribution is 5.71. The van der Waals surface area contributed by atoms with Crippen molar-refractivity contribution in [1.82, 2.24) is 0 Å². The fourth-order valence-electron chi connectivity index (χ4n) is 9.96. The zero-order valence-corrected chi connectivity index (χ0v) is 51.5. The summed E-state index contributed by atoms with van der Waals surface area (Å²) < 4.78 is 17.0. The molecule has 77 heavy (non-hydrogen) atoms. The molecular formula is C71H128O6.